The highest BCUT2D eigenvalue weighted by atomic mass is 127. The summed E-state index contributed by atoms with van der Waals surface area (Å²) in [6.45, 7) is 0.534. The Balaban J connectivity index is 2.32. The van der Waals surface area contributed by atoms with Crippen LogP contribution < -0.4 is 4.90 Å². The Labute approximate surface area is 131 Å². The van der Waals surface area contributed by atoms with Crippen LogP contribution in [0.2, 0.25) is 0 Å². The number of alkyl halides is 1. The average molecular weight is 386 g/mol. The molecule has 0 saturated carbocycles. The molecule has 2 nitrogen and oxygen atoms in total. The number of hydrogen-bond acceptors (Lipinski definition) is 1. The van der Waals surface area contributed by atoms with E-state index in [-0.39, 0.29) is 11.8 Å². The maximum Gasteiger partial charge on any atom is 0.242 e. The number of anilines is 1. The van der Waals surface area contributed by atoms with E-state index in [9.17, 15) is 4.79 Å². The summed E-state index contributed by atoms with van der Waals surface area (Å²) < 4.78 is 1.04. The highest BCUT2D eigenvalue weighted by Gasteiger charge is 2.17. The molecule has 0 aliphatic heterocycles. The highest BCUT2D eigenvalue weighted by molar-refractivity contribution is 14.1. The number of amides is 1. The summed E-state index contributed by atoms with van der Waals surface area (Å²) in [6.07, 6.45) is 0. The molecule has 0 aliphatic carbocycles. The van der Waals surface area contributed by atoms with Crippen molar-refractivity contribution in [1.29, 1.82) is 0 Å². The Morgan fingerprint density at radius 1 is 1.05 bits per heavy atom. The van der Waals surface area contributed by atoms with Crippen LogP contribution in [0.4, 0.5) is 5.69 Å². The highest BCUT2D eigenvalue weighted by Crippen LogP contribution is 2.24. The quantitative estimate of drug-likeness (QED) is 0.574. The van der Waals surface area contributed by atoms with Crippen molar-refractivity contribution < 1.29 is 4.79 Å². The third kappa shape index (κ3) is 3.70. The number of carbonyl (C=O) groups excluding carboxylic acids is 1. The van der Waals surface area contributed by atoms with Gasteiger partial charge in [-0.05, 0) is 40.3 Å². The average Bonchev–Trinajstić information content (AvgIpc) is 2.46. The zero-order valence-electron chi connectivity index (χ0n) is 10.2. The SMILES string of the molecule is O=C(CCl)N(Cc1ccccc1)c1ccccc1I. The summed E-state index contributed by atoms with van der Waals surface area (Å²) in [5.74, 6) is -0.104. The van der Waals surface area contributed by atoms with Crippen LogP contribution in [0.15, 0.2) is 54.6 Å². The first-order chi connectivity index (χ1) is 9.22. The standard InChI is InChI=1S/C15H13ClINO/c16-10-15(19)18(11-12-6-2-1-3-7-12)14-9-5-4-8-13(14)17/h1-9H,10-11H2. The molecule has 0 aromatic heterocycles. The van der Waals surface area contributed by atoms with Crippen molar-refractivity contribution in [1.82, 2.24) is 0 Å². The van der Waals surface area contributed by atoms with E-state index in [0.29, 0.717) is 6.54 Å². The molecule has 4 heteroatoms. The van der Waals surface area contributed by atoms with Gasteiger partial charge in [-0.1, -0.05) is 42.5 Å². The molecule has 0 unspecified atom stereocenters. The van der Waals surface area contributed by atoms with Crippen LogP contribution in [-0.2, 0) is 11.3 Å². The molecule has 0 saturated heterocycles. The normalized spacial score (nSPS) is 10.2. The van der Waals surface area contributed by atoms with Crippen LogP contribution in [0, 0.1) is 3.57 Å². The third-order valence-electron chi connectivity index (χ3n) is 2.74. The maximum absolute atomic E-state index is 12.1. The van der Waals surface area contributed by atoms with Crippen molar-refractivity contribution >= 4 is 45.8 Å². The van der Waals surface area contributed by atoms with Crippen molar-refractivity contribution in [3.8, 4) is 0 Å². The van der Waals surface area contributed by atoms with Gasteiger partial charge in [0.2, 0.25) is 5.91 Å². The van der Waals surface area contributed by atoms with Gasteiger partial charge in [0, 0.05) is 3.57 Å². The van der Waals surface area contributed by atoms with Crippen molar-refractivity contribution in [2.24, 2.45) is 0 Å². The lowest BCUT2D eigenvalue weighted by Gasteiger charge is -2.23. The second kappa shape index (κ2) is 6.91. The van der Waals surface area contributed by atoms with Crippen LogP contribution in [0.3, 0.4) is 0 Å². The number of hydrogen-bond donors (Lipinski definition) is 0. The molecule has 2 aromatic rings. The summed E-state index contributed by atoms with van der Waals surface area (Å²) in [5.41, 5.74) is 1.98. The van der Waals surface area contributed by atoms with E-state index < -0.39 is 0 Å². The lowest BCUT2D eigenvalue weighted by Crippen LogP contribution is -2.31. The van der Waals surface area contributed by atoms with Crippen LogP contribution >= 0.6 is 34.2 Å². The van der Waals surface area contributed by atoms with Crippen molar-refractivity contribution in [2.75, 3.05) is 10.8 Å². The molecule has 0 atom stereocenters. The first-order valence-electron chi connectivity index (χ1n) is 5.87. The molecule has 0 fully saturated rings. The minimum atomic E-state index is -0.0883. The molecular weight excluding hydrogens is 373 g/mol. The molecule has 98 valence electrons. The van der Waals surface area contributed by atoms with E-state index in [0.717, 1.165) is 14.8 Å². The van der Waals surface area contributed by atoms with E-state index in [1.165, 1.54) is 0 Å². The summed E-state index contributed by atoms with van der Waals surface area (Å²) in [6, 6.07) is 17.7. The predicted octanol–water partition coefficient (Wildman–Crippen LogP) is 4.06. The van der Waals surface area contributed by atoms with Crippen LogP contribution in [-0.4, -0.2) is 11.8 Å². The Kier molecular flexibility index (Phi) is 5.22. The third-order valence-corrected chi connectivity index (χ3v) is 3.88. The van der Waals surface area contributed by atoms with Gasteiger partial charge in [-0.2, -0.15) is 0 Å². The minimum Gasteiger partial charge on any atom is -0.306 e. The molecule has 2 rings (SSSR count). The molecule has 0 N–H and O–H groups in total. The van der Waals surface area contributed by atoms with Crippen molar-refractivity contribution in [3.63, 3.8) is 0 Å². The van der Waals surface area contributed by atoms with Crippen LogP contribution in [0.1, 0.15) is 5.56 Å². The van der Waals surface area contributed by atoms with Gasteiger partial charge in [0.15, 0.2) is 0 Å². The van der Waals surface area contributed by atoms with Gasteiger partial charge in [-0.3, -0.25) is 4.79 Å². The van der Waals surface area contributed by atoms with Crippen molar-refractivity contribution in [3.05, 3.63) is 63.7 Å². The molecule has 0 heterocycles. The Morgan fingerprint density at radius 2 is 1.68 bits per heavy atom. The largest absolute Gasteiger partial charge is 0.306 e. The molecule has 2 aromatic carbocycles. The fourth-order valence-electron chi connectivity index (χ4n) is 1.82. The van der Waals surface area contributed by atoms with E-state index in [1.807, 2.05) is 54.6 Å². The molecule has 1 amide bonds. The monoisotopic (exact) mass is 385 g/mol. The zero-order valence-corrected chi connectivity index (χ0v) is 13.1. The Bertz CT molecular complexity index is 559. The molecule has 0 bridgehead atoms. The van der Waals surface area contributed by atoms with E-state index in [2.05, 4.69) is 22.6 Å². The number of carbonyl (C=O) groups is 1. The van der Waals surface area contributed by atoms with Crippen molar-refractivity contribution in [2.45, 2.75) is 6.54 Å². The van der Waals surface area contributed by atoms with Gasteiger partial charge in [0.05, 0.1) is 12.2 Å². The number of nitrogens with zero attached hydrogens (tertiary/aromatic N) is 1. The molecule has 0 radical (unpaired) electrons. The number of halogens is 2. The zero-order chi connectivity index (χ0) is 13.7. The van der Waals surface area contributed by atoms with E-state index >= 15 is 0 Å². The van der Waals surface area contributed by atoms with Gasteiger partial charge in [0.1, 0.15) is 5.88 Å². The van der Waals surface area contributed by atoms with Gasteiger partial charge in [-0.15, -0.1) is 11.6 Å². The Hall–Kier alpha value is -1.07. The number of rotatable bonds is 4. The summed E-state index contributed by atoms with van der Waals surface area (Å²) in [7, 11) is 0. The van der Waals surface area contributed by atoms with E-state index in [1.54, 1.807) is 4.90 Å². The smallest absolute Gasteiger partial charge is 0.242 e. The molecule has 0 aliphatic rings. The predicted molar refractivity (Wildman–Crippen MR) is 87.5 cm³/mol. The van der Waals surface area contributed by atoms with Crippen LogP contribution in [0.5, 0.6) is 0 Å². The second-order valence-electron chi connectivity index (χ2n) is 4.05. The Morgan fingerprint density at radius 3 is 2.32 bits per heavy atom. The minimum absolute atomic E-state index is 0.0161. The molecule has 19 heavy (non-hydrogen) atoms. The summed E-state index contributed by atoms with van der Waals surface area (Å²) >= 11 is 7.95. The maximum atomic E-state index is 12.1. The van der Waals surface area contributed by atoms with Gasteiger partial charge < -0.3 is 4.90 Å². The van der Waals surface area contributed by atoms with Gasteiger partial charge in [-0.25, -0.2) is 0 Å². The fraction of sp³-hybridized carbons (Fsp3) is 0.133. The first-order valence-corrected chi connectivity index (χ1v) is 7.48. The first kappa shape index (κ1) is 14.3. The topological polar surface area (TPSA) is 20.3 Å². The molecule has 0 spiro atoms. The molecular formula is C15H13ClINO. The summed E-state index contributed by atoms with van der Waals surface area (Å²) in [5, 5.41) is 0. The second-order valence-corrected chi connectivity index (χ2v) is 5.48. The van der Waals surface area contributed by atoms with Gasteiger partial charge >= 0.3 is 0 Å². The van der Waals surface area contributed by atoms with E-state index in [4.69, 9.17) is 11.6 Å². The lowest BCUT2D eigenvalue weighted by atomic mass is 10.2. The summed E-state index contributed by atoms with van der Waals surface area (Å²) in [4.78, 5) is 13.8. The number of para-hydroxylation sites is 1. The number of benzene rings is 2. The lowest BCUT2D eigenvalue weighted by molar-refractivity contribution is -0.116. The van der Waals surface area contributed by atoms with Crippen LogP contribution in [0.25, 0.3) is 0 Å². The van der Waals surface area contributed by atoms with Gasteiger partial charge in [0.25, 0.3) is 0 Å². The fourth-order valence-corrected chi connectivity index (χ4v) is 2.64.